The minimum atomic E-state index is -0.371. The molecule has 0 bridgehead atoms. The maximum absolute atomic E-state index is 12.8. The molecule has 0 aliphatic heterocycles. The summed E-state index contributed by atoms with van der Waals surface area (Å²) in [4.78, 5) is 82.5. The molecule has 91 heavy (non-hydrogen) atoms. The van der Waals surface area contributed by atoms with Crippen LogP contribution in [0.3, 0.4) is 0 Å². The van der Waals surface area contributed by atoms with Crippen LogP contribution in [-0.2, 0) is 57.2 Å². The van der Waals surface area contributed by atoms with Gasteiger partial charge in [-0.25, -0.2) is 0 Å². The van der Waals surface area contributed by atoms with Crippen LogP contribution in [-0.4, -0.2) is 211 Å². The Morgan fingerprint density at radius 3 is 0.934 bits per heavy atom. The zero-order valence-electron chi connectivity index (χ0n) is 59.4. The van der Waals surface area contributed by atoms with Gasteiger partial charge in [0.1, 0.15) is 39.6 Å². The molecule has 0 amide bonds. The predicted octanol–water partition coefficient (Wildman–Crippen LogP) is 13.9. The Kier molecular flexibility index (Phi) is 65.9. The number of nitrogens with zero attached hydrogens (tertiary/aromatic N) is 3. The van der Waals surface area contributed by atoms with Crippen molar-refractivity contribution in [2.45, 2.75) is 241 Å². The number of unbranched alkanes of at least 4 members (excludes halogenated alkanes) is 23. The molecule has 0 rings (SSSR count). The lowest BCUT2D eigenvalue weighted by Gasteiger charge is -2.22. The average Bonchev–Trinajstić information content (AvgIpc) is 3.59. The average molecular weight is 1350 g/mol. The summed E-state index contributed by atoms with van der Waals surface area (Å²) in [5.41, 5.74) is 0. The van der Waals surface area contributed by atoms with E-state index in [1.165, 1.54) is 128 Å². The molecule has 0 heterocycles. The highest BCUT2D eigenvalue weighted by Gasteiger charge is 2.19. The maximum atomic E-state index is 12.8. The largest absolute Gasteiger partial charge is 0.462 e. The van der Waals surface area contributed by atoms with Gasteiger partial charge in [-0.05, 0) is 102 Å². The second-order valence-corrected chi connectivity index (χ2v) is 28.6. The van der Waals surface area contributed by atoms with Gasteiger partial charge in [-0.15, -0.1) is 0 Å². The van der Waals surface area contributed by atoms with E-state index in [9.17, 15) is 28.8 Å². The van der Waals surface area contributed by atoms with E-state index in [1.54, 1.807) is 23.5 Å². The van der Waals surface area contributed by atoms with Crippen molar-refractivity contribution in [2.75, 3.05) is 160 Å². The summed E-state index contributed by atoms with van der Waals surface area (Å²) in [5.74, 6) is 2.98. The first-order chi connectivity index (χ1) is 44.2. The Morgan fingerprint density at radius 2 is 0.593 bits per heavy atom. The topological polar surface area (TPSA) is 192 Å². The van der Waals surface area contributed by atoms with Gasteiger partial charge in [0.05, 0.1) is 37.0 Å². The van der Waals surface area contributed by atoms with Crippen LogP contribution < -0.4 is 10.6 Å². The van der Waals surface area contributed by atoms with Crippen LogP contribution in [0.15, 0.2) is 0 Å². The molecule has 536 valence electrons. The SMILES string of the molecule is CCCCCCCCSCC(C)C(=O)OCCOC(=O)CCN(CCCCCCCNCCCCCCCN(CCC(=O)OCCOC(=O)C(C)CSCCCCCCCC)CCC(=O)OCCOC(=O)C(C)CSCCCCCCCC)CCNCCN(C)C. The molecule has 0 aromatic rings. The number of rotatable bonds is 70. The molecule has 0 aromatic carbocycles. The molecule has 20 heteroatoms. The van der Waals surface area contributed by atoms with Crippen LogP contribution in [0.5, 0.6) is 0 Å². The normalized spacial score (nSPS) is 12.6. The molecule has 0 aromatic heterocycles. The van der Waals surface area contributed by atoms with Gasteiger partial charge in [0.2, 0.25) is 0 Å². The van der Waals surface area contributed by atoms with E-state index in [-0.39, 0.29) is 106 Å². The number of thioether (sulfide) groups is 3. The van der Waals surface area contributed by atoms with Crippen LogP contribution >= 0.6 is 35.3 Å². The fourth-order valence-corrected chi connectivity index (χ4v) is 13.1. The Bertz CT molecular complexity index is 1650. The van der Waals surface area contributed by atoms with E-state index < -0.39 is 0 Å². The summed E-state index contributed by atoms with van der Waals surface area (Å²) >= 11 is 5.39. The smallest absolute Gasteiger partial charge is 0.309 e. The fourth-order valence-electron chi connectivity index (χ4n) is 9.91. The maximum Gasteiger partial charge on any atom is 0.309 e. The Balaban J connectivity index is 4.68. The molecule has 0 aliphatic rings. The van der Waals surface area contributed by atoms with E-state index in [0.717, 1.165) is 138 Å². The number of hydrogen-bond donors (Lipinski definition) is 2. The first-order valence-corrected chi connectivity index (χ1v) is 39.9. The van der Waals surface area contributed by atoms with Crippen LogP contribution in [0.4, 0.5) is 0 Å². The number of nitrogens with one attached hydrogen (secondary N) is 2. The predicted molar refractivity (Wildman–Crippen MR) is 383 cm³/mol. The second kappa shape index (κ2) is 67.6. The number of carbonyl (C=O) groups excluding carboxylic acids is 6. The van der Waals surface area contributed by atoms with Gasteiger partial charge in [0.25, 0.3) is 0 Å². The van der Waals surface area contributed by atoms with Crippen molar-refractivity contribution in [1.82, 2.24) is 25.3 Å². The quantitative estimate of drug-likeness (QED) is 0.0332. The van der Waals surface area contributed by atoms with E-state index in [1.807, 2.05) is 32.5 Å². The van der Waals surface area contributed by atoms with E-state index in [2.05, 4.69) is 60.2 Å². The molecule has 2 N–H and O–H groups in total. The van der Waals surface area contributed by atoms with Crippen LogP contribution in [0.2, 0.25) is 0 Å². The third-order valence-electron chi connectivity index (χ3n) is 15.9. The molecule has 3 atom stereocenters. The number of ether oxygens (including phenoxy) is 6. The summed E-state index contributed by atoms with van der Waals surface area (Å²) in [6.45, 7) is 21.4. The molecule has 0 fully saturated rings. The summed E-state index contributed by atoms with van der Waals surface area (Å²) in [6.07, 6.45) is 34.3. The van der Waals surface area contributed by atoms with Crippen LogP contribution in [0, 0.1) is 17.8 Å². The third-order valence-corrected chi connectivity index (χ3v) is 19.8. The number of carbonyl (C=O) groups is 6. The fraction of sp³-hybridized carbons (Fsp3) is 0.915. The highest BCUT2D eigenvalue weighted by molar-refractivity contribution is 7.99. The summed E-state index contributed by atoms with van der Waals surface area (Å²) in [7, 11) is 4.14. The first-order valence-electron chi connectivity index (χ1n) is 36.4. The Hall–Kier alpha value is -2.33. The molecule has 3 unspecified atom stereocenters. The van der Waals surface area contributed by atoms with Gasteiger partial charge in [-0.1, -0.05) is 176 Å². The van der Waals surface area contributed by atoms with Crippen molar-refractivity contribution in [2.24, 2.45) is 17.8 Å². The van der Waals surface area contributed by atoms with Gasteiger partial charge in [0, 0.05) is 63.1 Å². The molecule has 0 spiro atoms. The lowest BCUT2D eigenvalue weighted by Crippen LogP contribution is -2.36. The van der Waals surface area contributed by atoms with Gasteiger partial charge in [0.15, 0.2) is 0 Å². The van der Waals surface area contributed by atoms with Crippen molar-refractivity contribution in [3.05, 3.63) is 0 Å². The van der Waals surface area contributed by atoms with Crippen LogP contribution in [0.1, 0.15) is 241 Å². The Morgan fingerprint density at radius 1 is 0.319 bits per heavy atom. The molecule has 0 radical (unpaired) electrons. The van der Waals surface area contributed by atoms with Crippen molar-refractivity contribution >= 4 is 71.1 Å². The third kappa shape index (κ3) is 62.2. The lowest BCUT2D eigenvalue weighted by atomic mass is 10.1. The number of likely N-dealkylation sites (N-methyl/N-ethyl adjacent to an activating group) is 1. The van der Waals surface area contributed by atoms with Crippen molar-refractivity contribution < 1.29 is 57.2 Å². The molecular weight excluding hydrogens is 1210 g/mol. The highest BCUT2D eigenvalue weighted by atomic mass is 32.2. The Labute approximate surface area is 569 Å². The van der Waals surface area contributed by atoms with Crippen molar-refractivity contribution in [3.8, 4) is 0 Å². The van der Waals surface area contributed by atoms with Gasteiger partial charge >= 0.3 is 35.8 Å². The standard InChI is InChI=1S/C71H137N5O12S3/c1-9-12-15-18-27-34-57-89-60-63(4)69(80)86-54-51-83-66(77)37-46-75(47-38-67(78)84-52-55-87-70(81)64(5)61-90-58-35-28-19-16-13-10-2)44-32-25-21-23-30-40-72-41-31-24-22-26-33-45-76(50-43-73-42-49-74(7)8)48-39-68(79)85-53-56-88-71(82)65(6)62-91-59-36-29-20-17-14-11-3/h63-65,72-73H,9-62H2,1-8H3. The van der Waals surface area contributed by atoms with E-state index in [4.69, 9.17) is 28.4 Å². The number of esters is 6. The van der Waals surface area contributed by atoms with Crippen LogP contribution in [0.25, 0.3) is 0 Å². The molecule has 0 saturated carbocycles. The second-order valence-electron chi connectivity index (χ2n) is 25.2. The molecular formula is C71H137N5O12S3. The zero-order valence-corrected chi connectivity index (χ0v) is 61.8. The summed E-state index contributed by atoms with van der Waals surface area (Å²) < 4.78 is 32.6. The lowest BCUT2D eigenvalue weighted by molar-refractivity contribution is -0.154. The van der Waals surface area contributed by atoms with E-state index >= 15 is 0 Å². The summed E-state index contributed by atoms with van der Waals surface area (Å²) in [5, 5.41) is 7.16. The number of hydrogen-bond acceptors (Lipinski definition) is 20. The minimum Gasteiger partial charge on any atom is -0.462 e. The molecule has 17 nitrogen and oxygen atoms in total. The first kappa shape index (κ1) is 88.7. The van der Waals surface area contributed by atoms with E-state index in [0.29, 0.717) is 26.1 Å². The van der Waals surface area contributed by atoms with Crippen molar-refractivity contribution in [3.63, 3.8) is 0 Å². The molecule has 0 aliphatic carbocycles. The van der Waals surface area contributed by atoms with Gasteiger partial charge in [-0.3, -0.25) is 28.8 Å². The zero-order chi connectivity index (χ0) is 66.9. The van der Waals surface area contributed by atoms with Gasteiger partial charge in [-0.2, -0.15) is 35.3 Å². The monoisotopic (exact) mass is 1350 g/mol. The summed E-state index contributed by atoms with van der Waals surface area (Å²) in [6, 6.07) is 0. The minimum absolute atomic E-state index is 0.00748. The highest BCUT2D eigenvalue weighted by Crippen LogP contribution is 2.18. The van der Waals surface area contributed by atoms with Gasteiger partial charge < -0.3 is 53.8 Å². The van der Waals surface area contributed by atoms with Crippen molar-refractivity contribution in [1.29, 1.82) is 0 Å². The molecule has 0 saturated heterocycles.